The standard InChI is InChI=1S/C15H17N3O3/c1-10-6-7-15(19)14(17-10)9-16-11(2)12-4-3-5-13(8-12)18(20)21/h3-8,11,16,19H,9H2,1-2H3. The Morgan fingerprint density at radius 3 is 2.86 bits per heavy atom. The van der Waals surface area contributed by atoms with Crippen LogP contribution in [0.4, 0.5) is 5.69 Å². The smallest absolute Gasteiger partial charge is 0.269 e. The molecule has 110 valence electrons. The van der Waals surface area contributed by atoms with Gasteiger partial charge in [0.05, 0.1) is 10.6 Å². The van der Waals surface area contributed by atoms with Crippen LogP contribution >= 0.6 is 0 Å². The van der Waals surface area contributed by atoms with Gasteiger partial charge in [-0.3, -0.25) is 15.1 Å². The molecule has 0 fully saturated rings. The third kappa shape index (κ3) is 3.76. The van der Waals surface area contributed by atoms with Crippen LogP contribution in [0.3, 0.4) is 0 Å². The van der Waals surface area contributed by atoms with Crippen LogP contribution in [0.25, 0.3) is 0 Å². The van der Waals surface area contributed by atoms with Crippen molar-refractivity contribution < 1.29 is 10.0 Å². The van der Waals surface area contributed by atoms with Gasteiger partial charge in [-0.1, -0.05) is 12.1 Å². The molecule has 0 aliphatic carbocycles. The fraction of sp³-hybridized carbons (Fsp3) is 0.267. The number of aryl methyl sites for hydroxylation is 1. The number of nitro benzene ring substituents is 1. The van der Waals surface area contributed by atoms with Gasteiger partial charge in [0.1, 0.15) is 5.75 Å². The Labute approximate surface area is 122 Å². The van der Waals surface area contributed by atoms with Crippen molar-refractivity contribution >= 4 is 5.69 Å². The maximum atomic E-state index is 10.8. The van der Waals surface area contributed by atoms with Crippen molar-refractivity contribution in [1.82, 2.24) is 10.3 Å². The minimum Gasteiger partial charge on any atom is -0.506 e. The first-order valence-electron chi connectivity index (χ1n) is 6.60. The molecule has 6 heteroatoms. The number of aromatic hydroxyl groups is 1. The Kier molecular flexibility index (Phi) is 4.49. The van der Waals surface area contributed by atoms with Crippen LogP contribution < -0.4 is 5.32 Å². The Hall–Kier alpha value is -2.47. The molecule has 1 aromatic carbocycles. The summed E-state index contributed by atoms with van der Waals surface area (Å²) < 4.78 is 0. The predicted octanol–water partition coefficient (Wildman–Crippen LogP) is 2.85. The number of pyridine rings is 1. The first-order valence-corrected chi connectivity index (χ1v) is 6.60. The van der Waals surface area contributed by atoms with Crippen LogP contribution in [0, 0.1) is 17.0 Å². The van der Waals surface area contributed by atoms with Crippen molar-refractivity contribution in [3.8, 4) is 5.75 Å². The van der Waals surface area contributed by atoms with Crippen LogP contribution in [-0.4, -0.2) is 15.0 Å². The summed E-state index contributed by atoms with van der Waals surface area (Å²) in [4.78, 5) is 14.6. The predicted molar refractivity (Wildman–Crippen MR) is 79.0 cm³/mol. The SMILES string of the molecule is Cc1ccc(O)c(CNC(C)c2cccc([N+](=O)[O-])c2)n1. The van der Waals surface area contributed by atoms with Gasteiger partial charge in [-0.15, -0.1) is 0 Å². The molecule has 0 saturated heterocycles. The molecule has 1 aromatic heterocycles. The number of hydrogen-bond donors (Lipinski definition) is 2. The molecule has 21 heavy (non-hydrogen) atoms. The molecule has 0 saturated carbocycles. The van der Waals surface area contributed by atoms with E-state index in [0.717, 1.165) is 11.3 Å². The van der Waals surface area contributed by atoms with E-state index in [-0.39, 0.29) is 17.5 Å². The molecule has 2 N–H and O–H groups in total. The zero-order valence-electron chi connectivity index (χ0n) is 11.9. The highest BCUT2D eigenvalue weighted by Gasteiger charge is 2.11. The number of nitrogens with zero attached hydrogens (tertiary/aromatic N) is 2. The van der Waals surface area contributed by atoms with E-state index in [4.69, 9.17) is 0 Å². The number of benzene rings is 1. The molecule has 0 spiro atoms. The maximum absolute atomic E-state index is 10.8. The molecule has 0 amide bonds. The van der Waals surface area contributed by atoms with E-state index in [2.05, 4.69) is 10.3 Å². The summed E-state index contributed by atoms with van der Waals surface area (Å²) in [7, 11) is 0. The van der Waals surface area contributed by atoms with Crippen molar-refractivity contribution in [3.63, 3.8) is 0 Å². The third-order valence-electron chi connectivity index (χ3n) is 3.25. The van der Waals surface area contributed by atoms with Gasteiger partial charge in [-0.05, 0) is 31.5 Å². The normalized spacial score (nSPS) is 12.1. The largest absolute Gasteiger partial charge is 0.506 e. The fourth-order valence-electron chi connectivity index (χ4n) is 2.01. The molecule has 2 aromatic rings. The van der Waals surface area contributed by atoms with Crippen molar-refractivity contribution in [2.75, 3.05) is 0 Å². The molecule has 1 heterocycles. The van der Waals surface area contributed by atoms with Gasteiger partial charge >= 0.3 is 0 Å². The summed E-state index contributed by atoms with van der Waals surface area (Å²) in [6.45, 7) is 4.15. The monoisotopic (exact) mass is 287 g/mol. The highest BCUT2D eigenvalue weighted by molar-refractivity contribution is 5.35. The lowest BCUT2D eigenvalue weighted by Gasteiger charge is -2.14. The van der Waals surface area contributed by atoms with Gasteiger partial charge in [0.15, 0.2) is 0 Å². The number of hydrogen-bond acceptors (Lipinski definition) is 5. The summed E-state index contributed by atoms with van der Waals surface area (Å²) >= 11 is 0. The van der Waals surface area contributed by atoms with Crippen molar-refractivity contribution in [2.24, 2.45) is 0 Å². The third-order valence-corrected chi connectivity index (χ3v) is 3.25. The summed E-state index contributed by atoms with van der Waals surface area (Å²) in [5, 5.41) is 23.7. The van der Waals surface area contributed by atoms with Gasteiger partial charge in [0, 0.05) is 30.4 Å². The fourth-order valence-corrected chi connectivity index (χ4v) is 2.01. The Morgan fingerprint density at radius 2 is 2.14 bits per heavy atom. The molecule has 2 rings (SSSR count). The van der Waals surface area contributed by atoms with Gasteiger partial charge in [0.25, 0.3) is 5.69 Å². The van der Waals surface area contributed by atoms with Crippen LogP contribution in [0.2, 0.25) is 0 Å². The van der Waals surface area contributed by atoms with Crippen LogP contribution in [0.15, 0.2) is 36.4 Å². The Bertz CT molecular complexity index is 658. The average Bonchev–Trinajstić information content (AvgIpc) is 2.48. The van der Waals surface area contributed by atoms with Crippen LogP contribution in [-0.2, 0) is 6.54 Å². The number of non-ortho nitro benzene ring substituents is 1. The number of nitrogens with one attached hydrogen (secondary N) is 1. The molecular weight excluding hydrogens is 270 g/mol. The zero-order chi connectivity index (χ0) is 15.4. The quantitative estimate of drug-likeness (QED) is 0.652. The lowest BCUT2D eigenvalue weighted by atomic mass is 10.1. The van der Waals surface area contributed by atoms with E-state index in [9.17, 15) is 15.2 Å². The molecule has 0 radical (unpaired) electrons. The maximum Gasteiger partial charge on any atom is 0.269 e. The first-order chi connectivity index (χ1) is 9.97. The van der Waals surface area contributed by atoms with Crippen LogP contribution in [0.5, 0.6) is 5.75 Å². The number of nitro groups is 1. The van der Waals surface area contributed by atoms with Gasteiger partial charge in [-0.25, -0.2) is 0 Å². The zero-order valence-corrected chi connectivity index (χ0v) is 11.9. The van der Waals surface area contributed by atoms with E-state index >= 15 is 0 Å². The minimum atomic E-state index is -0.413. The molecule has 0 aliphatic rings. The molecular formula is C15H17N3O3. The Morgan fingerprint density at radius 1 is 1.38 bits per heavy atom. The first kappa shape index (κ1) is 14.9. The van der Waals surface area contributed by atoms with E-state index in [1.54, 1.807) is 24.3 Å². The average molecular weight is 287 g/mol. The van der Waals surface area contributed by atoms with E-state index < -0.39 is 4.92 Å². The number of aromatic nitrogens is 1. The van der Waals surface area contributed by atoms with Crippen LogP contribution in [0.1, 0.15) is 29.9 Å². The lowest BCUT2D eigenvalue weighted by molar-refractivity contribution is -0.384. The van der Waals surface area contributed by atoms with E-state index in [1.165, 1.54) is 6.07 Å². The second-order valence-corrected chi connectivity index (χ2v) is 4.87. The summed E-state index contributed by atoms with van der Waals surface area (Å²) in [6.07, 6.45) is 0. The topological polar surface area (TPSA) is 88.3 Å². The molecule has 0 aliphatic heterocycles. The van der Waals surface area contributed by atoms with E-state index in [1.807, 2.05) is 19.9 Å². The van der Waals surface area contributed by atoms with Gasteiger partial charge in [-0.2, -0.15) is 0 Å². The van der Waals surface area contributed by atoms with Gasteiger partial charge in [0.2, 0.25) is 0 Å². The lowest BCUT2D eigenvalue weighted by Crippen LogP contribution is -2.19. The van der Waals surface area contributed by atoms with Gasteiger partial charge < -0.3 is 10.4 Å². The summed E-state index contributed by atoms with van der Waals surface area (Å²) in [5.41, 5.74) is 2.27. The van der Waals surface area contributed by atoms with E-state index in [0.29, 0.717) is 12.2 Å². The summed E-state index contributed by atoms with van der Waals surface area (Å²) in [5.74, 6) is 0.138. The van der Waals surface area contributed by atoms with Crippen molar-refractivity contribution in [2.45, 2.75) is 26.4 Å². The highest BCUT2D eigenvalue weighted by Crippen LogP contribution is 2.20. The summed E-state index contributed by atoms with van der Waals surface area (Å²) in [6, 6.07) is 9.75. The van der Waals surface area contributed by atoms with Crippen molar-refractivity contribution in [3.05, 3.63) is 63.5 Å². The molecule has 1 atom stereocenters. The molecule has 6 nitrogen and oxygen atoms in total. The Balaban J connectivity index is 2.08. The van der Waals surface area contributed by atoms with Crippen molar-refractivity contribution in [1.29, 1.82) is 0 Å². The number of rotatable bonds is 5. The molecule has 0 bridgehead atoms. The minimum absolute atomic E-state index is 0.0673. The second kappa shape index (κ2) is 6.32. The molecule has 1 unspecified atom stereocenters. The highest BCUT2D eigenvalue weighted by atomic mass is 16.6. The second-order valence-electron chi connectivity index (χ2n) is 4.87.